The van der Waals surface area contributed by atoms with Crippen LogP contribution in [-0.4, -0.2) is 37.1 Å². The zero-order valence-corrected chi connectivity index (χ0v) is 15.3. The lowest BCUT2D eigenvalue weighted by Crippen LogP contribution is -2.13. The van der Waals surface area contributed by atoms with Gasteiger partial charge >= 0.3 is 0 Å². The summed E-state index contributed by atoms with van der Waals surface area (Å²) in [6, 6.07) is 7.76. The van der Waals surface area contributed by atoms with E-state index in [1.165, 1.54) is 5.57 Å². The first kappa shape index (κ1) is 18.2. The predicted octanol–water partition coefficient (Wildman–Crippen LogP) is 4.92. The van der Waals surface area contributed by atoms with E-state index >= 15 is 0 Å². The molecule has 0 fully saturated rings. The highest BCUT2D eigenvalue weighted by atomic mass is 35.5. The second-order valence-electron chi connectivity index (χ2n) is 6.01. The van der Waals surface area contributed by atoms with Crippen molar-refractivity contribution in [1.82, 2.24) is 9.88 Å². The van der Waals surface area contributed by atoms with Gasteiger partial charge in [0.2, 0.25) is 0 Å². The maximum absolute atomic E-state index is 6.05. The fraction of sp³-hybridized carbons (Fsp3) is 0.250. The molecular weight excluding hydrogens is 318 g/mol. The Labute approximate surface area is 149 Å². The van der Waals surface area contributed by atoms with Gasteiger partial charge in [-0.15, -0.1) is 0 Å². The normalized spacial score (nSPS) is 12.7. The number of anilines is 1. The molecule has 0 radical (unpaired) electrons. The van der Waals surface area contributed by atoms with E-state index in [9.17, 15) is 0 Å². The fourth-order valence-corrected chi connectivity index (χ4v) is 2.47. The van der Waals surface area contributed by atoms with Crippen molar-refractivity contribution >= 4 is 28.2 Å². The van der Waals surface area contributed by atoms with Crippen LogP contribution in [0.25, 0.3) is 10.9 Å². The SMILES string of the molecule is C=C/C(C)=C/C(=C/CN(C)C)CNc1ccnc2cc(Cl)ccc12. The second kappa shape index (κ2) is 8.67. The van der Waals surface area contributed by atoms with Crippen LogP contribution >= 0.6 is 11.6 Å². The smallest absolute Gasteiger partial charge is 0.0737 e. The van der Waals surface area contributed by atoms with Crippen LogP contribution in [0, 0.1) is 0 Å². The Kier molecular flexibility index (Phi) is 6.59. The van der Waals surface area contributed by atoms with Gasteiger partial charge in [0.15, 0.2) is 0 Å². The maximum atomic E-state index is 6.05. The van der Waals surface area contributed by atoms with Crippen molar-refractivity contribution in [3.05, 3.63) is 71.4 Å². The van der Waals surface area contributed by atoms with Crippen LogP contribution in [0.3, 0.4) is 0 Å². The molecule has 24 heavy (non-hydrogen) atoms. The van der Waals surface area contributed by atoms with Crippen molar-refractivity contribution in [2.45, 2.75) is 6.92 Å². The van der Waals surface area contributed by atoms with Crippen molar-refractivity contribution in [2.75, 3.05) is 32.5 Å². The number of halogens is 1. The first-order valence-electron chi connectivity index (χ1n) is 7.92. The number of pyridine rings is 1. The Bertz CT molecular complexity index is 776. The van der Waals surface area contributed by atoms with Gasteiger partial charge in [0.05, 0.1) is 5.52 Å². The minimum Gasteiger partial charge on any atom is -0.380 e. The van der Waals surface area contributed by atoms with Crippen molar-refractivity contribution < 1.29 is 0 Å². The summed E-state index contributed by atoms with van der Waals surface area (Å²) in [7, 11) is 4.12. The average molecular weight is 342 g/mol. The molecule has 0 aliphatic rings. The number of benzene rings is 1. The molecular formula is C20H24ClN3. The predicted molar refractivity (Wildman–Crippen MR) is 106 cm³/mol. The fourth-order valence-electron chi connectivity index (χ4n) is 2.31. The molecule has 0 unspecified atom stereocenters. The van der Waals surface area contributed by atoms with Crippen LogP contribution in [0.1, 0.15) is 6.92 Å². The minimum atomic E-state index is 0.697. The van der Waals surface area contributed by atoms with Crippen molar-refractivity contribution in [2.24, 2.45) is 0 Å². The molecule has 3 nitrogen and oxygen atoms in total. The van der Waals surface area contributed by atoms with Crippen LogP contribution in [-0.2, 0) is 0 Å². The third kappa shape index (κ3) is 5.22. The monoisotopic (exact) mass is 341 g/mol. The molecule has 0 aliphatic carbocycles. The molecule has 1 N–H and O–H groups in total. The van der Waals surface area contributed by atoms with E-state index in [0.29, 0.717) is 5.02 Å². The summed E-state index contributed by atoms with van der Waals surface area (Å²) in [5, 5.41) is 5.28. The van der Waals surface area contributed by atoms with Gasteiger partial charge in [-0.25, -0.2) is 0 Å². The average Bonchev–Trinajstić information content (AvgIpc) is 2.56. The number of hydrogen-bond donors (Lipinski definition) is 1. The molecule has 1 heterocycles. The molecule has 0 spiro atoms. The van der Waals surface area contributed by atoms with E-state index in [1.54, 1.807) is 6.20 Å². The topological polar surface area (TPSA) is 28.2 Å². The van der Waals surface area contributed by atoms with Crippen LogP contribution < -0.4 is 5.32 Å². The number of nitrogens with zero attached hydrogens (tertiary/aromatic N) is 2. The summed E-state index contributed by atoms with van der Waals surface area (Å²) in [5.41, 5.74) is 4.31. The van der Waals surface area contributed by atoms with Crippen molar-refractivity contribution in [3.8, 4) is 0 Å². The third-order valence-electron chi connectivity index (χ3n) is 3.64. The maximum Gasteiger partial charge on any atom is 0.0737 e. The lowest BCUT2D eigenvalue weighted by molar-refractivity contribution is 0.455. The van der Waals surface area contributed by atoms with E-state index in [-0.39, 0.29) is 0 Å². The van der Waals surface area contributed by atoms with Gasteiger partial charge in [0.25, 0.3) is 0 Å². The molecule has 0 saturated carbocycles. The summed E-state index contributed by atoms with van der Waals surface area (Å²) >= 11 is 6.05. The van der Waals surface area contributed by atoms with Crippen LogP contribution in [0.2, 0.25) is 5.02 Å². The molecule has 2 rings (SSSR count). The van der Waals surface area contributed by atoms with Gasteiger partial charge in [0.1, 0.15) is 0 Å². The van der Waals surface area contributed by atoms with E-state index < -0.39 is 0 Å². The van der Waals surface area contributed by atoms with Gasteiger partial charge < -0.3 is 10.2 Å². The largest absolute Gasteiger partial charge is 0.380 e. The standard InChI is InChI=1S/C20H24ClN3/c1-5-15(2)12-16(9-11-24(3)4)14-23-19-8-10-22-20-13-17(21)6-7-18(19)20/h5-10,12-13H,1,11,14H2,2-4H3,(H,22,23)/b15-12+,16-9-. The highest BCUT2D eigenvalue weighted by Gasteiger charge is 2.03. The highest BCUT2D eigenvalue weighted by molar-refractivity contribution is 6.31. The summed E-state index contributed by atoms with van der Waals surface area (Å²) < 4.78 is 0. The van der Waals surface area contributed by atoms with Crippen molar-refractivity contribution in [1.29, 1.82) is 0 Å². The summed E-state index contributed by atoms with van der Waals surface area (Å²) in [4.78, 5) is 6.52. The minimum absolute atomic E-state index is 0.697. The molecule has 0 aliphatic heterocycles. The van der Waals surface area contributed by atoms with Gasteiger partial charge in [-0.3, -0.25) is 4.98 Å². The Morgan fingerprint density at radius 2 is 2.12 bits per heavy atom. The van der Waals surface area contributed by atoms with E-state index in [0.717, 1.165) is 35.3 Å². The first-order valence-corrected chi connectivity index (χ1v) is 8.30. The molecule has 1 aromatic carbocycles. The number of hydrogen-bond acceptors (Lipinski definition) is 3. The molecule has 0 amide bonds. The van der Waals surface area contributed by atoms with E-state index in [1.807, 2.05) is 30.3 Å². The Morgan fingerprint density at radius 3 is 2.83 bits per heavy atom. The molecule has 2 aromatic rings. The van der Waals surface area contributed by atoms with Gasteiger partial charge in [0, 0.05) is 35.4 Å². The third-order valence-corrected chi connectivity index (χ3v) is 3.88. The van der Waals surface area contributed by atoms with Gasteiger partial charge in [-0.05, 0) is 50.9 Å². The van der Waals surface area contributed by atoms with E-state index in [4.69, 9.17) is 11.6 Å². The summed E-state index contributed by atoms with van der Waals surface area (Å²) in [6.45, 7) is 7.52. The highest BCUT2D eigenvalue weighted by Crippen LogP contribution is 2.24. The Morgan fingerprint density at radius 1 is 1.33 bits per heavy atom. The number of nitrogens with one attached hydrogen (secondary N) is 1. The summed E-state index contributed by atoms with van der Waals surface area (Å²) in [5.74, 6) is 0. The zero-order valence-electron chi connectivity index (χ0n) is 14.5. The molecule has 1 aromatic heterocycles. The van der Waals surface area contributed by atoms with Crippen molar-refractivity contribution in [3.63, 3.8) is 0 Å². The molecule has 0 atom stereocenters. The summed E-state index contributed by atoms with van der Waals surface area (Å²) in [6.07, 6.45) is 8.05. The molecule has 0 saturated heterocycles. The molecule has 4 heteroatoms. The quantitative estimate of drug-likeness (QED) is 0.724. The van der Waals surface area contributed by atoms with Gasteiger partial charge in [-0.2, -0.15) is 0 Å². The number of rotatable bonds is 7. The number of fused-ring (bicyclic) bond motifs is 1. The number of allylic oxidation sites excluding steroid dienone is 2. The number of aromatic nitrogens is 1. The Balaban J connectivity index is 2.22. The van der Waals surface area contributed by atoms with Crippen LogP contribution in [0.4, 0.5) is 5.69 Å². The van der Waals surface area contributed by atoms with Crippen LogP contribution in [0.15, 0.2) is 66.4 Å². The lowest BCUT2D eigenvalue weighted by atomic mass is 10.1. The van der Waals surface area contributed by atoms with Gasteiger partial charge in [-0.1, -0.05) is 42.0 Å². The lowest BCUT2D eigenvalue weighted by Gasteiger charge is -2.12. The molecule has 126 valence electrons. The van der Waals surface area contributed by atoms with E-state index in [2.05, 4.69) is 55.0 Å². The molecule has 0 bridgehead atoms. The number of likely N-dealkylation sites (N-methyl/N-ethyl adjacent to an activating group) is 1. The zero-order chi connectivity index (χ0) is 17.5. The Hall–Kier alpha value is -2.10. The second-order valence-corrected chi connectivity index (χ2v) is 6.44. The van der Waals surface area contributed by atoms with Crippen LogP contribution in [0.5, 0.6) is 0 Å². The first-order chi connectivity index (χ1) is 11.5.